The molecular weight excluding hydrogens is 476 g/mol. The van der Waals surface area contributed by atoms with Gasteiger partial charge < -0.3 is 18.8 Å². The predicted molar refractivity (Wildman–Crippen MR) is 131 cm³/mol. The number of thioether (sulfide) groups is 1. The van der Waals surface area contributed by atoms with Crippen molar-refractivity contribution in [2.45, 2.75) is 20.4 Å². The second-order valence-electron chi connectivity index (χ2n) is 7.93. The first-order chi connectivity index (χ1) is 16.4. The minimum atomic E-state index is -0.352. The molecule has 2 amide bonds. The molecule has 1 aromatic heterocycles. The molecule has 174 valence electrons. The van der Waals surface area contributed by atoms with Crippen molar-refractivity contribution in [2.24, 2.45) is 0 Å². The van der Waals surface area contributed by atoms with Crippen molar-refractivity contribution in [3.05, 3.63) is 74.9 Å². The largest absolute Gasteiger partial charge is 0.497 e. The van der Waals surface area contributed by atoms with Crippen LogP contribution in [0.4, 0.5) is 4.79 Å². The van der Waals surface area contributed by atoms with Gasteiger partial charge in [0.15, 0.2) is 11.5 Å². The molecule has 3 aromatic rings. The lowest BCUT2D eigenvalue weighted by Crippen LogP contribution is -2.27. The summed E-state index contributed by atoms with van der Waals surface area (Å²) < 4.78 is 18.2. The molecule has 7 nitrogen and oxygen atoms in total. The smallest absolute Gasteiger partial charge is 0.293 e. The highest BCUT2D eigenvalue weighted by atomic mass is 35.5. The molecule has 34 heavy (non-hydrogen) atoms. The maximum Gasteiger partial charge on any atom is 0.293 e. The summed E-state index contributed by atoms with van der Waals surface area (Å²) in [5.41, 5.74) is 4.40. The zero-order valence-electron chi connectivity index (χ0n) is 18.8. The quantitative estimate of drug-likeness (QED) is 0.421. The summed E-state index contributed by atoms with van der Waals surface area (Å²) in [5.74, 6) is 1.51. The van der Waals surface area contributed by atoms with E-state index in [4.69, 9.17) is 25.8 Å². The maximum absolute atomic E-state index is 13.1. The molecule has 2 aliphatic rings. The summed E-state index contributed by atoms with van der Waals surface area (Å²) in [4.78, 5) is 27.4. The molecule has 2 aromatic carbocycles. The van der Waals surface area contributed by atoms with E-state index in [0.717, 1.165) is 40.2 Å². The zero-order valence-corrected chi connectivity index (χ0v) is 20.3. The number of amides is 2. The van der Waals surface area contributed by atoms with E-state index in [9.17, 15) is 9.59 Å². The molecule has 0 bridgehead atoms. The van der Waals surface area contributed by atoms with Crippen LogP contribution in [0.2, 0.25) is 5.02 Å². The molecule has 0 radical (unpaired) electrons. The van der Waals surface area contributed by atoms with Gasteiger partial charge in [0, 0.05) is 34.2 Å². The number of nitrogens with zero attached hydrogens (tertiary/aromatic N) is 2. The highest BCUT2D eigenvalue weighted by molar-refractivity contribution is 8.18. The number of imide groups is 1. The molecule has 0 aliphatic carbocycles. The van der Waals surface area contributed by atoms with Gasteiger partial charge in [-0.2, -0.15) is 0 Å². The first-order valence-corrected chi connectivity index (χ1v) is 11.7. The van der Waals surface area contributed by atoms with Crippen molar-refractivity contribution in [1.29, 1.82) is 0 Å². The molecule has 5 rings (SSSR count). The average molecular weight is 497 g/mol. The zero-order chi connectivity index (χ0) is 24.0. The number of ether oxygens (including phenoxy) is 3. The third kappa shape index (κ3) is 3.93. The van der Waals surface area contributed by atoms with Crippen LogP contribution in [0.25, 0.3) is 11.8 Å². The standard InChI is InChI=1S/C25H21ClN2O5S/c1-14-7-16(15(2)28(14)18-5-4-6-19(10-18)31-3)9-23-24(29)27(25(30)34-23)12-17-8-21-22(11-20(17)26)33-13-32-21/h4-11H,12-13H2,1-3H3/b23-9-. The van der Waals surface area contributed by atoms with Gasteiger partial charge in [-0.3, -0.25) is 14.5 Å². The molecule has 1 saturated heterocycles. The minimum Gasteiger partial charge on any atom is -0.497 e. The topological polar surface area (TPSA) is 70.0 Å². The number of methoxy groups -OCH3 is 1. The third-order valence-electron chi connectivity index (χ3n) is 5.81. The van der Waals surface area contributed by atoms with Crippen LogP contribution < -0.4 is 14.2 Å². The van der Waals surface area contributed by atoms with E-state index in [0.29, 0.717) is 27.0 Å². The maximum atomic E-state index is 13.1. The van der Waals surface area contributed by atoms with Gasteiger partial charge in [-0.1, -0.05) is 17.7 Å². The van der Waals surface area contributed by atoms with Crippen molar-refractivity contribution in [3.63, 3.8) is 0 Å². The van der Waals surface area contributed by atoms with Gasteiger partial charge in [0.2, 0.25) is 6.79 Å². The van der Waals surface area contributed by atoms with Crippen LogP contribution in [0.15, 0.2) is 47.4 Å². The van der Waals surface area contributed by atoms with Gasteiger partial charge in [0.05, 0.1) is 18.6 Å². The Bertz CT molecular complexity index is 1360. The molecule has 2 aliphatic heterocycles. The Labute approximate surface area is 205 Å². The van der Waals surface area contributed by atoms with Crippen LogP contribution in [0.5, 0.6) is 17.2 Å². The van der Waals surface area contributed by atoms with Crippen molar-refractivity contribution >= 4 is 40.6 Å². The van der Waals surface area contributed by atoms with E-state index in [1.165, 1.54) is 4.90 Å². The van der Waals surface area contributed by atoms with Crippen LogP contribution in [-0.4, -0.2) is 34.5 Å². The highest BCUT2D eigenvalue weighted by Gasteiger charge is 2.36. The fraction of sp³-hybridized carbons (Fsp3) is 0.200. The van der Waals surface area contributed by atoms with E-state index in [1.807, 2.05) is 44.2 Å². The lowest BCUT2D eigenvalue weighted by atomic mass is 10.2. The van der Waals surface area contributed by atoms with Gasteiger partial charge in [-0.25, -0.2) is 0 Å². The molecule has 3 heterocycles. The Balaban J connectivity index is 1.42. The van der Waals surface area contributed by atoms with E-state index in [-0.39, 0.29) is 24.5 Å². The fourth-order valence-electron chi connectivity index (χ4n) is 4.11. The van der Waals surface area contributed by atoms with Crippen molar-refractivity contribution in [3.8, 4) is 22.9 Å². The van der Waals surface area contributed by atoms with Crippen molar-refractivity contribution < 1.29 is 23.8 Å². The van der Waals surface area contributed by atoms with Gasteiger partial charge in [-0.05, 0) is 67.1 Å². The number of carbonyl (C=O) groups excluding carboxylic acids is 2. The molecule has 0 unspecified atom stereocenters. The number of benzene rings is 2. The van der Waals surface area contributed by atoms with Crippen molar-refractivity contribution in [2.75, 3.05) is 13.9 Å². The number of aromatic nitrogens is 1. The second kappa shape index (κ2) is 8.77. The molecule has 1 fully saturated rings. The second-order valence-corrected chi connectivity index (χ2v) is 9.33. The number of hydrogen-bond donors (Lipinski definition) is 0. The first-order valence-electron chi connectivity index (χ1n) is 10.5. The highest BCUT2D eigenvalue weighted by Crippen LogP contribution is 2.39. The number of halogens is 1. The summed E-state index contributed by atoms with van der Waals surface area (Å²) in [6, 6.07) is 13.1. The molecule has 0 saturated carbocycles. The Morgan fingerprint density at radius 2 is 1.88 bits per heavy atom. The number of aryl methyl sites for hydroxylation is 1. The molecule has 0 spiro atoms. The molecule has 9 heteroatoms. The van der Waals surface area contributed by atoms with Crippen LogP contribution >= 0.6 is 23.4 Å². The number of rotatable bonds is 5. The summed E-state index contributed by atoms with van der Waals surface area (Å²) >= 11 is 7.27. The molecule has 0 N–H and O–H groups in total. The molecule has 0 atom stereocenters. The summed E-state index contributed by atoms with van der Waals surface area (Å²) in [6.07, 6.45) is 1.77. The lowest BCUT2D eigenvalue weighted by molar-refractivity contribution is -0.123. The van der Waals surface area contributed by atoms with Gasteiger partial charge in [0.25, 0.3) is 11.1 Å². The lowest BCUT2D eigenvalue weighted by Gasteiger charge is -2.14. The summed E-state index contributed by atoms with van der Waals surface area (Å²) in [6.45, 7) is 4.15. The van der Waals surface area contributed by atoms with E-state index in [2.05, 4.69) is 4.57 Å². The van der Waals surface area contributed by atoms with E-state index < -0.39 is 0 Å². The predicted octanol–water partition coefficient (Wildman–Crippen LogP) is 5.72. The molecular formula is C25H21ClN2O5S. The normalized spacial score (nSPS) is 16.1. The Hall–Kier alpha value is -3.36. The van der Waals surface area contributed by atoms with Crippen LogP contribution in [-0.2, 0) is 11.3 Å². The third-order valence-corrected chi connectivity index (χ3v) is 7.07. The van der Waals surface area contributed by atoms with Gasteiger partial charge in [0.1, 0.15) is 5.75 Å². The monoisotopic (exact) mass is 496 g/mol. The fourth-order valence-corrected chi connectivity index (χ4v) is 5.15. The Morgan fingerprint density at radius 1 is 1.12 bits per heavy atom. The SMILES string of the molecule is COc1cccc(-n2c(C)cc(/C=C3\SC(=O)N(Cc4cc5c(cc4Cl)OCO5)C3=O)c2C)c1. The van der Waals surface area contributed by atoms with E-state index in [1.54, 1.807) is 25.3 Å². The first kappa shape index (κ1) is 22.4. The van der Waals surface area contributed by atoms with Gasteiger partial charge in [-0.15, -0.1) is 0 Å². The Kier molecular flexibility index (Phi) is 5.79. The Morgan fingerprint density at radius 3 is 2.65 bits per heavy atom. The van der Waals surface area contributed by atoms with Crippen LogP contribution in [0.1, 0.15) is 22.5 Å². The van der Waals surface area contributed by atoms with E-state index >= 15 is 0 Å². The summed E-state index contributed by atoms with van der Waals surface area (Å²) in [7, 11) is 1.63. The number of carbonyl (C=O) groups is 2. The minimum absolute atomic E-state index is 0.0559. The number of fused-ring (bicyclic) bond motifs is 1. The van der Waals surface area contributed by atoms with Crippen LogP contribution in [0.3, 0.4) is 0 Å². The van der Waals surface area contributed by atoms with Crippen LogP contribution in [0, 0.1) is 13.8 Å². The van der Waals surface area contributed by atoms with Crippen molar-refractivity contribution in [1.82, 2.24) is 9.47 Å². The van der Waals surface area contributed by atoms with Gasteiger partial charge >= 0.3 is 0 Å². The number of hydrogen-bond acceptors (Lipinski definition) is 6. The average Bonchev–Trinajstić information content (AvgIpc) is 3.46. The summed E-state index contributed by atoms with van der Waals surface area (Å²) in [5, 5.41) is 0.0701.